The van der Waals surface area contributed by atoms with Crippen LogP contribution in [0.2, 0.25) is 25.2 Å². The molecule has 22 heavy (non-hydrogen) atoms. The van der Waals surface area contributed by atoms with Crippen LogP contribution in [0.1, 0.15) is 37.7 Å². The molecule has 2 fully saturated rings. The Labute approximate surface area is 135 Å². The monoisotopic (exact) mass is 318 g/mol. The van der Waals surface area contributed by atoms with E-state index in [1.165, 1.54) is 12.0 Å². The summed E-state index contributed by atoms with van der Waals surface area (Å²) in [6, 6.07) is 10.6. The van der Waals surface area contributed by atoms with Crippen molar-refractivity contribution in [3.05, 3.63) is 35.9 Å². The molecule has 1 heterocycles. The number of rotatable bonds is 4. The van der Waals surface area contributed by atoms with Gasteiger partial charge in [-0.25, -0.2) is 0 Å². The molecular weight excluding hydrogens is 288 g/mol. The highest BCUT2D eigenvalue weighted by atomic mass is 28.3. The van der Waals surface area contributed by atoms with Crippen molar-refractivity contribution in [1.82, 2.24) is 0 Å². The summed E-state index contributed by atoms with van der Waals surface area (Å²) < 4.78 is 6.18. The number of aryl methyl sites for hydroxylation is 1. The standard InChI is InChI=1S/C19H30O2Si/c1-22(2,3)18-10-7-13-19(20)17(18)14-16(21-19)12-11-15-8-5-4-6-9-15/h4-6,8-9,16-18,20H,7,10-14H2,1-3H3/t16?,17-,18+,19?/m1/s1. The van der Waals surface area contributed by atoms with E-state index in [1.54, 1.807) is 0 Å². The highest BCUT2D eigenvalue weighted by molar-refractivity contribution is 6.77. The predicted octanol–water partition coefficient (Wildman–Crippen LogP) is 4.61. The molecule has 0 aromatic heterocycles. The van der Waals surface area contributed by atoms with E-state index in [9.17, 15) is 5.11 Å². The van der Waals surface area contributed by atoms with E-state index in [1.807, 2.05) is 0 Å². The van der Waals surface area contributed by atoms with Crippen LogP contribution in [0, 0.1) is 5.92 Å². The van der Waals surface area contributed by atoms with Crippen molar-refractivity contribution in [2.24, 2.45) is 5.92 Å². The highest BCUT2D eigenvalue weighted by Crippen LogP contribution is 2.53. The summed E-state index contributed by atoms with van der Waals surface area (Å²) in [7, 11) is -1.25. The summed E-state index contributed by atoms with van der Waals surface area (Å²) in [6.07, 6.45) is 6.60. The van der Waals surface area contributed by atoms with Gasteiger partial charge in [0.15, 0.2) is 5.79 Å². The Kier molecular flexibility index (Phi) is 4.50. The second-order valence-electron chi connectivity index (χ2n) is 8.32. The van der Waals surface area contributed by atoms with Crippen LogP contribution in [-0.2, 0) is 11.2 Å². The summed E-state index contributed by atoms with van der Waals surface area (Å²) in [5, 5.41) is 11.0. The van der Waals surface area contributed by atoms with Crippen molar-refractivity contribution in [3.8, 4) is 0 Å². The SMILES string of the molecule is C[Si](C)(C)[C@H]1CCCC2(O)OC(CCc3ccccc3)C[C@H]12. The number of ether oxygens (including phenoxy) is 1. The topological polar surface area (TPSA) is 29.5 Å². The first-order chi connectivity index (χ1) is 10.4. The maximum Gasteiger partial charge on any atom is 0.168 e. The van der Waals surface area contributed by atoms with E-state index in [0.29, 0.717) is 11.5 Å². The molecule has 0 bridgehead atoms. The minimum absolute atomic E-state index is 0.229. The number of benzene rings is 1. The Hall–Kier alpha value is -0.643. The summed E-state index contributed by atoms with van der Waals surface area (Å²) in [5.41, 5.74) is 2.07. The van der Waals surface area contributed by atoms with Crippen LogP contribution < -0.4 is 0 Å². The van der Waals surface area contributed by atoms with Crippen LogP contribution in [0.3, 0.4) is 0 Å². The third kappa shape index (κ3) is 3.32. The summed E-state index contributed by atoms with van der Waals surface area (Å²) in [4.78, 5) is 0. The quantitative estimate of drug-likeness (QED) is 0.822. The Morgan fingerprint density at radius 2 is 1.95 bits per heavy atom. The molecule has 0 amide bonds. The largest absolute Gasteiger partial charge is 0.365 e. The zero-order valence-corrected chi connectivity index (χ0v) is 15.2. The Bertz CT molecular complexity index is 496. The van der Waals surface area contributed by atoms with Crippen molar-refractivity contribution in [3.63, 3.8) is 0 Å². The molecule has 1 saturated carbocycles. The first-order valence-corrected chi connectivity index (χ1v) is 12.4. The molecule has 1 aliphatic carbocycles. The Morgan fingerprint density at radius 3 is 2.64 bits per heavy atom. The van der Waals surface area contributed by atoms with Gasteiger partial charge >= 0.3 is 0 Å². The molecule has 3 rings (SSSR count). The van der Waals surface area contributed by atoms with Gasteiger partial charge in [-0.05, 0) is 36.8 Å². The van der Waals surface area contributed by atoms with E-state index in [2.05, 4.69) is 50.0 Å². The van der Waals surface area contributed by atoms with Crippen LogP contribution in [0.15, 0.2) is 30.3 Å². The fraction of sp³-hybridized carbons (Fsp3) is 0.684. The molecule has 1 N–H and O–H groups in total. The van der Waals surface area contributed by atoms with Crippen LogP contribution in [0.5, 0.6) is 0 Å². The lowest BCUT2D eigenvalue weighted by Gasteiger charge is -2.44. The van der Waals surface area contributed by atoms with Crippen LogP contribution >= 0.6 is 0 Å². The van der Waals surface area contributed by atoms with E-state index in [4.69, 9.17) is 4.74 Å². The van der Waals surface area contributed by atoms with Crippen molar-refractivity contribution >= 4 is 8.07 Å². The molecule has 1 saturated heterocycles. The van der Waals surface area contributed by atoms with Gasteiger partial charge < -0.3 is 9.84 Å². The normalized spacial score (nSPS) is 35.4. The molecule has 4 atom stereocenters. The smallest absolute Gasteiger partial charge is 0.168 e. The first-order valence-electron chi connectivity index (χ1n) is 8.82. The molecule has 0 spiro atoms. The van der Waals surface area contributed by atoms with Crippen molar-refractivity contribution < 1.29 is 9.84 Å². The molecule has 2 nitrogen and oxygen atoms in total. The van der Waals surface area contributed by atoms with Crippen molar-refractivity contribution in [2.75, 3.05) is 0 Å². The lowest BCUT2D eigenvalue weighted by molar-refractivity contribution is -0.225. The second kappa shape index (κ2) is 6.10. The van der Waals surface area contributed by atoms with E-state index in [0.717, 1.165) is 32.1 Å². The van der Waals surface area contributed by atoms with Gasteiger partial charge in [-0.1, -0.05) is 56.4 Å². The minimum atomic E-state index is -1.25. The lowest BCUT2D eigenvalue weighted by Crippen LogP contribution is -2.47. The van der Waals surface area contributed by atoms with Crippen molar-refractivity contribution in [2.45, 2.75) is 75.6 Å². The molecule has 1 aromatic rings. The van der Waals surface area contributed by atoms with Gasteiger partial charge in [0.05, 0.1) is 6.10 Å². The maximum absolute atomic E-state index is 11.0. The third-order valence-corrected chi connectivity index (χ3v) is 8.63. The zero-order valence-electron chi connectivity index (χ0n) is 14.2. The fourth-order valence-electron chi connectivity index (χ4n) is 4.58. The molecule has 1 aliphatic heterocycles. The van der Waals surface area contributed by atoms with Gasteiger partial charge in [0.25, 0.3) is 0 Å². The van der Waals surface area contributed by atoms with Gasteiger partial charge in [0.1, 0.15) is 0 Å². The summed E-state index contributed by atoms with van der Waals surface area (Å²) in [5.74, 6) is -0.460. The molecule has 122 valence electrons. The fourth-order valence-corrected chi connectivity index (χ4v) is 7.25. The minimum Gasteiger partial charge on any atom is -0.365 e. The predicted molar refractivity (Wildman–Crippen MR) is 93.6 cm³/mol. The average Bonchev–Trinajstić information content (AvgIpc) is 2.81. The third-order valence-electron chi connectivity index (χ3n) is 5.71. The van der Waals surface area contributed by atoms with Crippen molar-refractivity contribution in [1.29, 1.82) is 0 Å². The van der Waals surface area contributed by atoms with Gasteiger partial charge in [-0.2, -0.15) is 0 Å². The van der Waals surface area contributed by atoms with Crippen LogP contribution in [-0.4, -0.2) is 25.1 Å². The summed E-state index contributed by atoms with van der Waals surface area (Å²) in [6.45, 7) is 7.34. The van der Waals surface area contributed by atoms with Crippen LogP contribution in [0.4, 0.5) is 0 Å². The zero-order chi connectivity index (χ0) is 15.8. The molecule has 1 aromatic carbocycles. The number of hydrogen-bond acceptors (Lipinski definition) is 2. The first kappa shape index (κ1) is 16.2. The Balaban J connectivity index is 1.66. The molecule has 2 unspecified atom stereocenters. The number of aliphatic hydroxyl groups is 1. The van der Waals surface area contributed by atoms with Gasteiger partial charge in [0, 0.05) is 20.4 Å². The van der Waals surface area contributed by atoms with E-state index < -0.39 is 13.9 Å². The molecule has 0 radical (unpaired) electrons. The summed E-state index contributed by atoms with van der Waals surface area (Å²) >= 11 is 0. The highest BCUT2D eigenvalue weighted by Gasteiger charge is 2.54. The molecule has 3 heteroatoms. The number of hydrogen-bond donors (Lipinski definition) is 1. The van der Waals surface area contributed by atoms with E-state index in [-0.39, 0.29) is 6.10 Å². The molecular formula is C19H30O2Si. The number of fused-ring (bicyclic) bond motifs is 1. The van der Waals surface area contributed by atoms with Gasteiger partial charge in [0.2, 0.25) is 0 Å². The van der Waals surface area contributed by atoms with Gasteiger partial charge in [-0.15, -0.1) is 0 Å². The Morgan fingerprint density at radius 1 is 1.23 bits per heavy atom. The van der Waals surface area contributed by atoms with Crippen LogP contribution in [0.25, 0.3) is 0 Å². The average molecular weight is 319 g/mol. The second-order valence-corrected chi connectivity index (χ2v) is 13.8. The molecule has 2 aliphatic rings. The lowest BCUT2D eigenvalue weighted by atomic mass is 9.81. The van der Waals surface area contributed by atoms with E-state index >= 15 is 0 Å². The maximum atomic E-state index is 11.0. The van der Waals surface area contributed by atoms with Gasteiger partial charge in [-0.3, -0.25) is 0 Å².